The van der Waals surface area contributed by atoms with E-state index in [0.29, 0.717) is 4.80 Å². The summed E-state index contributed by atoms with van der Waals surface area (Å²) in [6.07, 6.45) is 3.86. The summed E-state index contributed by atoms with van der Waals surface area (Å²) in [5.74, 6) is 0. The molecule has 3 rings (SSSR count). The van der Waals surface area contributed by atoms with Crippen LogP contribution in [-0.4, -0.2) is 9.78 Å². The van der Waals surface area contributed by atoms with Crippen molar-refractivity contribution in [2.45, 2.75) is 0 Å². The third kappa shape index (κ3) is 3.24. The Morgan fingerprint density at radius 1 is 0.955 bits per heavy atom. The highest BCUT2D eigenvalue weighted by molar-refractivity contribution is 7.09. The Morgan fingerprint density at radius 2 is 1.64 bits per heavy atom. The largest absolute Gasteiger partial charge is 0.237 e. The quantitative estimate of drug-likeness (QED) is 0.545. The number of benzene rings is 2. The lowest BCUT2D eigenvalue weighted by Gasteiger charge is -1.98. The molecule has 0 saturated carbocycles. The molecule has 5 nitrogen and oxygen atoms in total. The maximum absolute atomic E-state index is 10.5. The van der Waals surface area contributed by atoms with Gasteiger partial charge in [-0.2, -0.15) is 5.10 Å². The Balaban J connectivity index is 1.99. The van der Waals surface area contributed by atoms with Gasteiger partial charge in [-0.1, -0.05) is 71.0 Å². The number of aromatic nitrogens is 2. The van der Waals surface area contributed by atoms with Crippen LogP contribution in [-0.2, 0) is 0 Å². The Kier molecular flexibility index (Phi) is 4.31. The molecule has 1 aromatic heterocycles. The maximum atomic E-state index is 10.5. The predicted octanol–water partition coefficient (Wildman–Crippen LogP) is 3.69. The number of nitroso groups, excluding NO2 is 1. The molecular weight excluding hydrogens is 296 g/mol. The van der Waals surface area contributed by atoms with Gasteiger partial charge in [0.15, 0.2) is 0 Å². The van der Waals surface area contributed by atoms with E-state index in [-0.39, 0.29) is 0 Å². The van der Waals surface area contributed by atoms with Crippen LogP contribution >= 0.6 is 11.3 Å². The number of para-hydroxylation sites is 1. The average molecular weight is 308 g/mol. The normalized spacial score (nSPS) is 11.9. The zero-order valence-corrected chi connectivity index (χ0v) is 12.4. The van der Waals surface area contributed by atoms with Gasteiger partial charge >= 0.3 is 0 Å². The van der Waals surface area contributed by atoms with E-state index in [2.05, 4.69) is 15.5 Å². The zero-order chi connectivity index (χ0) is 15.2. The third-order valence-corrected chi connectivity index (χ3v) is 3.78. The first-order valence-corrected chi connectivity index (χ1v) is 7.43. The third-order valence-electron chi connectivity index (χ3n) is 2.92. The molecule has 0 spiro atoms. The molecule has 0 radical (unpaired) electrons. The fourth-order valence-electron chi connectivity index (χ4n) is 1.93. The summed E-state index contributed by atoms with van der Waals surface area (Å²) in [7, 11) is 0. The van der Waals surface area contributed by atoms with E-state index in [1.165, 1.54) is 11.3 Å². The van der Waals surface area contributed by atoms with E-state index in [9.17, 15) is 4.91 Å². The highest BCUT2D eigenvalue weighted by Gasteiger charge is 2.04. The molecule has 0 atom stereocenters. The highest BCUT2D eigenvalue weighted by atomic mass is 32.1. The van der Waals surface area contributed by atoms with E-state index in [4.69, 9.17) is 0 Å². The maximum Gasteiger partial charge on any atom is 0.237 e. The predicted molar refractivity (Wildman–Crippen MR) is 88.2 cm³/mol. The van der Waals surface area contributed by atoms with Gasteiger partial charge in [-0.05, 0) is 23.8 Å². The van der Waals surface area contributed by atoms with E-state index >= 15 is 0 Å². The van der Waals surface area contributed by atoms with Gasteiger partial charge in [-0.15, -0.1) is 4.91 Å². The summed E-state index contributed by atoms with van der Waals surface area (Å²) in [6.45, 7) is 0. The van der Waals surface area contributed by atoms with Crippen molar-refractivity contribution >= 4 is 23.5 Å². The molecule has 0 unspecified atom stereocenters. The van der Waals surface area contributed by atoms with Gasteiger partial charge in [-0.3, -0.25) is 0 Å². The standard InChI is InChI=1S/C16H12N4OS/c21-19-17-16-20(14-9-5-2-6-10-14)18-15(22-16)12-11-13-7-3-1-4-8-13/h1-12H/b12-11+,17-16-. The molecule has 3 aromatic rings. The van der Waals surface area contributed by atoms with Gasteiger partial charge < -0.3 is 0 Å². The smallest absolute Gasteiger partial charge is 0.203 e. The molecule has 0 bridgehead atoms. The number of nitrogens with zero attached hydrogens (tertiary/aromatic N) is 4. The van der Waals surface area contributed by atoms with Gasteiger partial charge in [0.05, 0.1) is 11.0 Å². The summed E-state index contributed by atoms with van der Waals surface area (Å²) in [5.41, 5.74) is 1.91. The second kappa shape index (κ2) is 6.73. The molecular formula is C16H12N4OS. The van der Waals surface area contributed by atoms with Crippen LogP contribution in [0.25, 0.3) is 17.8 Å². The first-order chi connectivity index (χ1) is 10.9. The monoisotopic (exact) mass is 308 g/mol. The van der Waals surface area contributed by atoms with Crippen molar-refractivity contribution in [1.29, 1.82) is 0 Å². The second-order valence-corrected chi connectivity index (χ2v) is 5.38. The lowest BCUT2D eigenvalue weighted by Crippen LogP contribution is -2.13. The minimum atomic E-state index is 0.439. The van der Waals surface area contributed by atoms with Crippen LogP contribution < -0.4 is 4.80 Å². The summed E-state index contributed by atoms with van der Waals surface area (Å²) in [4.78, 5) is 10.9. The molecule has 0 aliphatic rings. The van der Waals surface area contributed by atoms with E-state index in [1.54, 1.807) is 4.68 Å². The molecule has 0 amide bonds. The molecule has 6 heteroatoms. The SMILES string of the molecule is O=N/N=c1\sc(/C=C/c2ccccc2)nn1-c1ccccc1. The Hall–Kier alpha value is -2.86. The molecule has 0 aliphatic carbocycles. The average Bonchev–Trinajstić information content (AvgIpc) is 2.98. The lowest BCUT2D eigenvalue weighted by atomic mass is 10.2. The molecule has 0 aliphatic heterocycles. The van der Waals surface area contributed by atoms with E-state index < -0.39 is 0 Å². The lowest BCUT2D eigenvalue weighted by molar-refractivity contribution is 0.816. The van der Waals surface area contributed by atoms with Crippen LogP contribution in [0.4, 0.5) is 0 Å². The van der Waals surface area contributed by atoms with E-state index in [0.717, 1.165) is 16.3 Å². The Morgan fingerprint density at radius 3 is 2.32 bits per heavy atom. The first-order valence-electron chi connectivity index (χ1n) is 6.62. The first kappa shape index (κ1) is 14.1. The molecule has 1 heterocycles. The van der Waals surface area contributed by atoms with Crippen molar-refractivity contribution in [3.63, 3.8) is 0 Å². The highest BCUT2D eigenvalue weighted by Crippen LogP contribution is 2.11. The fourth-order valence-corrected chi connectivity index (χ4v) is 2.69. The molecule has 108 valence electrons. The summed E-state index contributed by atoms with van der Waals surface area (Å²) >= 11 is 1.30. The van der Waals surface area contributed by atoms with Gasteiger partial charge in [0.25, 0.3) is 0 Å². The minimum absolute atomic E-state index is 0.439. The van der Waals surface area contributed by atoms with E-state index in [1.807, 2.05) is 72.8 Å². The van der Waals surface area contributed by atoms with Crippen LogP contribution in [0.2, 0.25) is 0 Å². The molecule has 0 N–H and O–H groups in total. The van der Waals surface area contributed by atoms with Crippen molar-refractivity contribution in [1.82, 2.24) is 9.78 Å². The molecule has 0 fully saturated rings. The number of rotatable bonds is 4. The van der Waals surface area contributed by atoms with Crippen LogP contribution in [0.5, 0.6) is 0 Å². The zero-order valence-electron chi connectivity index (χ0n) is 11.5. The number of hydrogen-bond donors (Lipinski definition) is 0. The summed E-state index contributed by atoms with van der Waals surface area (Å²) in [6, 6.07) is 19.5. The van der Waals surface area contributed by atoms with Gasteiger partial charge in [0.2, 0.25) is 4.80 Å². The van der Waals surface area contributed by atoms with Crippen molar-refractivity contribution in [2.24, 2.45) is 10.4 Å². The van der Waals surface area contributed by atoms with Crippen LogP contribution in [0, 0.1) is 4.91 Å². The molecule has 2 aromatic carbocycles. The Bertz CT molecular complexity index is 851. The van der Waals surface area contributed by atoms with Crippen LogP contribution in [0.1, 0.15) is 10.6 Å². The van der Waals surface area contributed by atoms with Crippen molar-refractivity contribution in [3.05, 3.63) is 80.9 Å². The van der Waals surface area contributed by atoms with Gasteiger partial charge in [0, 0.05) is 0 Å². The van der Waals surface area contributed by atoms with Gasteiger partial charge in [-0.25, -0.2) is 4.68 Å². The minimum Gasteiger partial charge on any atom is -0.203 e. The summed E-state index contributed by atoms with van der Waals surface area (Å²) in [5, 5.41) is 11.5. The number of hydrogen-bond acceptors (Lipinski definition) is 4. The second-order valence-electron chi connectivity index (χ2n) is 4.40. The van der Waals surface area contributed by atoms with Crippen molar-refractivity contribution in [2.75, 3.05) is 0 Å². The van der Waals surface area contributed by atoms with Crippen molar-refractivity contribution < 1.29 is 0 Å². The van der Waals surface area contributed by atoms with Crippen molar-refractivity contribution in [3.8, 4) is 5.69 Å². The van der Waals surface area contributed by atoms with Gasteiger partial charge in [0.1, 0.15) is 5.01 Å². The molecule has 22 heavy (non-hydrogen) atoms. The topological polar surface area (TPSA) is 59.6 Å². The fraction of sp³-hybridized carbons (Fsp3) is 0. The molecule has 0 saturated heterocycles. The van der Waals surface area contributed by atoms with Crippen LogP contribution in [0.15, 0.2) is 71.1 Å². The summed E-state index contributed by atoms with van der Waals surface area (Å²) < 4.78 is 1.61. The van der Waals surface area contributed by atoms with Crippen LogP contribution in [0.3, 0.4) is 0 Å². The Labute approximate surface area is 130 Å².